The second-order valence-electron chi connectivity index (χ2n) is 3.48. The molecule has 2 aromatic rings. The molecule has 88 valence electrons. The molecular formula is C11H13N5O. The van der Waals surface area contributed by atoms with Crippen LogP contribution >= 0.6 is 0 Å². The lowest BCUT2D eigenvalue weighted by atomic mass is 10.2. The topological polar surface area (TPSA) is 85.8 Å². The third-order valence-corrected chi connectivity index (χ3v) is 2.30. The number of aromatic nitrogens is 3. The molecule has 0 saturated carbocycles. The van der Waals surface area contributed by atoms with E-state index >= 15 is 0 Å². The Morgan fingerprint density at radius 1 is 1.47 bits per heavy atom. The number of pyridine rings is 1. The Morgan fingerprint density at radius 3 is 3.06 bits per heavy atom. The minimum Gasteiger partial charge on any atom is -0.382 e. The fourth-order valence-corrected chi connectivity index (χ4v) is 1.48. The predicted octanol–water partition coefficient (Wildman–Crippen LogP) is 0.489. The van der Waals surface area contributed by atoms with Crippen LogP contribution in [-0.4, -0.2) is 27.2 Å². The number of nitrogens with two attached hydrogens (primary N) is 1. The number of anilines is 1. The van der Waals surface area contributed by atoms with E-state index in [4.69, 9.17) is 5.73 Å². The number of nitrogens with zero attached hydrogens (tertiary/aromatic N) is 3. The molecule has 0 radical (unpaired) electrons. The van der Waals surface area contributed by atoms with Crippen LogP contribution in [0.5, 0.6) is 0 Å². The molecule has 0 spiro atoms. The van der Waals surface area contributed by atoms with Crippen LogP contribution in [0.2, 0.25) is 0 Å². The summed E-state index contributed by atoms with van der Waals surface area (Å²) < 4.78 is 1.80. The van der Waals surface area contributed by atoms with E-state index < -0.39 is 5.91 Å². The number of hydrogen-bond acceptors (Lipinski definition) is 4. The molecule has 0 aliphatic rings. The molecule has 0 aliphatic heterocycles. The Labute approximate surface area is 98.5 Å². The lowest BCUT2D eigenvalue weighted by Gasteiger charge is -2.09. The molecule has 0 fully saturated rings. The van der Waals surface area contributed by atoms with Gasteiger partial charge in [-0.15, -0.1) is 0 Å². The lowest BCUT2D eigenvalue weighted by molar-refractivity contribution is 0.100. The number of carbonyl (C=O) groups excluding carboxylic acids is 1. The molecule has 2 heterocycles. The average molecular weight is 231 g/mol. The summed E-state index contributed by atoms with van der Waals surface area (Å²) in [5.74, 6) is -0.486. The average Bonchev–Trinajstić information content (AvgIpc) is 2.82. The highest BCUT2D eigenvalue weighted by molar-refractivity contribution is 5.98. The van der Waals surface area contributed by atoms with Crippen molar-refractivity contribution in [3.8, 4) is 0 Å². The Kier molecular flexibility index (Phi) is 3.34. The summed E-state index contributed by atoms with van der Waals surface area (Å²) in [4.78, 5) is 15.0. The largest absolute Gasteiger partial charge is 0.382 e. The fraction of sp³-hybridized carbons (Fsp3) is 0.182. The first-order chi connectivity index (χ1) is 8.27. The zero-order chi connectivity index (χ0) is 12.1. The van der Waals surface area contributed by atoms with Gasteiger partial charge in [0.1, 0.15) is 0 Å². The van der Waals surface area contributed by atoms with Crippen LogP contribution in [0.15, 0.2) is 36.9 Å². The molecule has 0 aromatic carbocycles. The van der Waals surface area contributed by atoms with Gasteiger partial charge in [-0.05, 0) is 12.1 Å². The van der Waals surface area contributed by atoms with E-state index in [0.717, 1.165) is 0 Å². The van der Waals surface area contributed by atoms with Crippen molar-refractivity contribution in [2.75, 3.05) is 11.9 Å². The first-order valence-electron chi connectivity index (χ1n) is 5.22. The van der Waals surface area contributed by atoms with E-state index in [1.165, 1.54) is 6.20 Å². The number of hydrogen-bond donors (Lipinski definition) is 2. The van der Waals surface area contributed by atoms with Gasteiger partial charge >= 0.3 is 0 Å². The van der Waals surface area contributed by atoms with Crippen LogP contribution in [0.1, 0.15) is 10.4 Å². The summed E-state index contributed by atoms with van der Waals surface area (Å²) in [5, 5.41) is 7.21. The summed E-state index contributed by atoms with van der Waals surface area (Å²) in [6.45, 7) is 1.37. The zero-order valence-electron chi connectivity index (χ0n) is 9.21. The van der Waals surface area contributed by atoms with E-state index in [0.29, 0.717) is 24.3 Å². The van der Waals surface area contributed by atoms with Gasteiger partial charge in [-0.3, -0.25) is 14.5 Å². The maximum absolute atomic E-state index is 11.1. The van der Waals surface area contributed by atoms with Crippen LogP contribution < -0.4 is 11.1 Å². The zero-order valence-corrected chi connectivity index (χ0v) is 9.21. The quantitative estimate of drug-likeness (QED) is 0.784. The SMILES string of the molecule is NC(=O)c1cnccc1NCCn1cccn1. The molecule has 0 bridgehead atoms. The van der Waals surface area contributed by atoms with Gasteiger partial charge in [-0.2, -0.15) is 5.10 Å². The van der Waals surface area contributed by atoms with Crippen molar-refractivity contribution in [1.29, 1.82) is 0 Å². The Morgan fingerprint density at radius 2 is 2.35 bits per heavy atom. The second-order valence-corrected chi connectivity index (χ2v) is 3.48. The fourth-order valence-electron chi connectivity index (χ4n) is 1.48. The van der Waals surface area contributed by atoms with Crippen LogP contribution in [0.4, 0.5) is 5.69 Å². The minimum atomic E-state index is -0.486. The number of primary amides is 1. The molecule has 0 aliphatic carbocycles. The van der Waals surface area contributed by atoms with Crippen molar-refractivity contribution in [2.45, 2.75) is 6.54 Å². The first-order valence-corrected chi connectivity index (χ1v) is 5.22. The summed E-state index contributed by atoms with van der Waals surface area (Å²) in [6, 6.07) is 3.59. The first kappa shape index (κ1) is 11.1. The smallest absolute Gasteiger partial charge is 0.252 e. The molecule has 2 aromatic heterocycles. The van der Waals surface area contributed by atoms with Crippen LogP contribution in [0.25, 0.3) is 0 Å². The standard InChI is InChI=1S/C11H13N5O/c12-11(17)9-8-13-4-2-10(9)14-5-7-16-6-1-3-15-16/h1-4,6,8H,5,7H2,(H2,12,17)(H,13,14). The summed E-state index contributed by atoms with van der Waals surface area (Å²) >= 11 is 0. The van der Waals surface area contributed by atoms with Crippen molar-refractivity contribution in [3.63, 3.8) is 0 Å². The van der Waals surface area contributed by atoms with E-state index in [2.05, 4.69) is 15.4 Å². The molecule has 0 atom stereocenters. The maximum Gasteiger partial charge on any atom is 0.252 e. The highest BCUT2D eigenvalue weighted by Gasteiger charge is 2.06. The molecule has 2 rings (SSSR count). The number of nitrogens with one attached hydrogen (secondary N) is 1. The summed E-state index contributed by atoms with van der Waals surface area (Å²) in [5.41, 5.74) is 6.33. The van der Waals surface area contributed by atoms with Crippen molar-refractivity contribution in [3.05, 3.63) is 42.5 Å². The maximum atomic E-state index is 11.1. The Hall–Kier alpha value is -2.37. The van der Waals surface area contributed by atoms with Gasteiger partial charge < -0.3 is 11.1 Å². The van der Waals surface area contributed by atoms with Gasteiger partial charge in [0.25, 0.3) is 5.91 Å². The molecular weight excluding hydrogens is 218 g/mol. The van der Waals surface area contributed by atoms with E-state index in [-0.39, 0.29) is 0 Å². The van der Waals surface area contributed by atoms with Crippen LogP contribution in [0, 0.1) is 0 Å². The van der Waals surface area contributed by atoms with Crippen molar-refractivity contribution < 1.29 is 4.79 Å². The number of carbonyl (C=O) groups is 1. The lowest BCUT2D eigenvalue weighted by Crippen LogP contribution is -2.17. The Balaban J connectivity index is 1.97. The second kappa shape index (κ2) is 5.11. The van der Waals surface area contributed by atoms with Crippen LogP contribution in [0.3, 0.4) is 0 Å². The van der Waals surface area contributed by atoms with Crippen molar-refractivity contribution >= 4 is 11.6 Å². The van der Waals surface area contributed by atoms with Crippen LogP contribution in [-0.2, 0) is 6.54 Å². The molecule has 3 N–H and O–H groups in total. The van der Waals surface area contributed by atoms with Gasteiger partial charge in [0.2, 0.25) is 0 Å². The summed E-state index contributed by atoms with van der Waals surface area (Å²) in [7, 11) is 0. The number of rotatable bonds is 5. The van der Waals surface area contributed by atoms with E-state index in [1.807, 2.05) is 12.3 Å². The molecule has 1 amide bonds. The van der Waals surface area contributed by atoms with Gasteiger partial charge in [0.15, 0.2) is 0 Å². The molecule has 6 heteroatoms. The minimum absolute atomic E-state index is 0.396. The monoisotopic (exact) mass is 231 g/mol. The Bertz CT molecular complexity index is 494. The van der Waals surface area contributed by atoms with Gasteiger partial charge in [0.05, 0.1) is 17.8 Å². The third kappa shape index (κ3) is 2.81. The third-order valence-electron chi connectivity index (χ3n) is 2.30. The summed E-state index contributed by atoms with van der Waals surface area (Å²) in [6.07, 6.45) is 6.67. The highest BCUT2D eigenvalue weighted by Crippen LogP contribution is 2.11. The van der Waals surface area contributed by atoms with Gasteiger partial charge in [-0.25, -0.2) is 0 Å². The molecule has 17 heavy (non-hydrogen) atoms. The van der Waals surface area contributed by atoms with Crippen molar-refractivity contribution in [2.24, 2.45) is 5.73 Å². The number of amides is 1. The normalized spacial score (nSPS) is 10.1. The van der Waals surface area contributed by atoms with Gasteiger partial charge in [-0.1, -0.05) is 0 Å². The predicted molar refractivity (Wildman–Crippen MR) is 63.5 cm³/mol. The van der Waals surface area contributed by atoms with E-state index in [1.54, 1.807) is 23.1 Å². The molecule has 6 nitrogen and oxygen atoms in total. The molecule has 0 saturated heterocycles. The van der Waals surface area contributed by atoms with Gasteiger partial charge in [0, 0.05) is 31.3 Å². The van der Waals surface area contributed by atoms with Crippen molar-refractivity contribution in [1.82, 2.24) is 14.8 Å². The van der Waals surface area contributed by atoms with E-state index in [9.17, 15) is 4.79 Å². The molecule has 0 unspecified atom stereocenters. The highest BCUT2D eigenvalue weighted by atomic mass is 16.1.